The summed E-state index contributed by atoms with van der Waals surface area (Å²) in [6.45, 7) is 0. The minimum atomic E-state index is 0.566. The van der Waals surface area contributed by atoms with Gasteiger partial charge in [0.25, 0.3) is 0 Å². The fourth-order valence-corrected chi connectivity index (χ4v) is 3.68. The number of halogens is 2. The zero-order chi connectivity index (χ0) is 13.9. The van der Waals surface area contributed by atoms with E-state index in [9.17, 15) is 0 Å². The standard InChI is InChI=1S/C15H17ClIN3/c16-13-10-11(17)6-7-14(13)19-15-18-8-9-20(15)12-4-2-1-3-5-12/h6-10,12H,1-5H2,(H,18,19). The number of rotatable bonds is 3. The van der Waals surface area contributed by atoms with E-state index in [-0.39, 0.29) is 0 Å². The number of hydrogen-bond donors (Lipinski definition) is 1. The van der Waals surface area contributed by atoms with Crippen LogP contribution in [0.2, 0.25) is 5.02 Å². The van der Waals surface area contributed by atoms with Crippen LogP contribution in [0.1, 0.15) is 38.1 Å². The summed E-state index contributed by atoms with van der Waals surface area (Å²) in [7, 11) is 0. The van der Waals surface area contributed by atoms with Crippen LogP contribution in [0.4, 0.5) is 11.6 Å². The maximum atomic E-state index is 6.28. The molecule has 1 heterocycles. The molecule has 0 bridgehead atoms. The predicted molar refractivity (Wildman–Crippen MR) is 91.8 cm³/mol. The SMILES string of the molecule is Clc1cc(I)ccc1Nc1nccn1C1CCCCC1. The fourth-order valence-electron chi connectivity index (χ4n) is 2.78. The molecule has 5 heteroatoms. The third kappa shape index (κ3) is 3.11. The molecule has 1 fully saturated rings. The Morgan fingerprint density at radius 1 is 1.25 bits per heavy atom. The van der Waals surface area contributed by atoms with Gasteiger partial charge in [0.05, 0.1) is 10.7 Å². The highest BCUT2D eigenvalue weighted by atomic mass is 127. The average molecular weight is 402 g/mol. The number of nitrogens with zero attached hydrogens (tertiary/aromatic N) is 2. The van der Waals surface area contributed by atoms with Gasteiger partial charge in [-0.3, -0.25) is 0 Å². The predicted octanol–water partition coefficient (Wildman–Crippen LogP) is 5.39. The minimum absolute atomic E-state index is 0.566. The van der Waals surface area contributed by atoms with Gasteiger partial charge in [-0.15, -0.1) is 0 Å². The lowest BCUT2D eigenvalue weighted by Crippen LogP contribution is -2.14. The van der Waals surface area contributed by atoms with E-state index in [0.29, 0.717) is 6.04 Å². The van der Waals surface area contributed by atoms with E-state index >= 15 is 0 Å². The van der Waals surface area contributed by atoms with E-state index in [1.54, 1.807) is 0 Å². The number of benzene rings is 1. The van der Waals surface area contributed by atoms with Crippen molar-refractivity contribution in [2.45, 2.75) is 38.1 Å². The van der Waals surface area contributed by atoms with E-state index in [1.807, 2.05) is 24.4 Å². The van der Waals surface area contributed by atoms with Crippen molar-refractivity contribution in [2.24, 2.45) is 0 Å². The Labute approximate surface area is 137 Å². The summed E-state index contributed by atoms with van der Waals surface area (Å²) in [5, 5.41) is 4.09. The topological polar surface area (TPSA) is 29.9 Å². The van der Waals surface area contributed by atoms with E-state index in [4.69, 9.17) is 11.6 Å². The molecule has 1 N–H and O–H groups in total. The lowest BCUT2D eigenvalue weighted by atomic mass is 9.95. The average Bonchev–Trinajstić information content (AvgIpc) is 2.91. The van der Waals surface area contributed by atoms with Gasteiger partial charge in [0.15, 0.2) is 0 Å². The molecule has 3 nitrogen and oxygen atoms in total. The van der Waals surface area contributed by atoms with Crippen molar-refractivity contribution in [3.05, 3.63) is 39.2 Å². The van der Waals surface area contributed by atoms with Crippen LogP contribution in [0.25, 0.3) is 0 Å². The van der Waals surface area contributed by atoms with Crippen LogP contribution < -0.4 is 5.32 Å². The highest BCUT2D eigenvalue weighted by molar-refractivity contribution is 14.1. The molecule has 3 rings (SSSR count). The Morgan fingerprint density at radius 3 is 2.80 bits per heavy atom. The van der Waals surface area contributed by atoms with Gasteiger partial charge in [0.1, 0.15) is 0 Å². The molecule has 20 heavy (non-hydrogen) atoms. The Balaban J connectivity index is 1.82. The molecule has 0 spiro atoms. The van der Waals surface area contributed by atoms with Crippen molar-refractivity contribution in [3.8, 4) is 0 Å². The summed E-state index contributed by atoms with van der Waals surface area (Å²) in [5.41, 5.74) is 0.912. The molecule has 1 aromatic carbocycles. The highest BCUT2D eigenvalue weighted by Gasteiger charge is 2.18. The van der Waals surface area contributed by atoms with Gasteiger partial charge in [0, 0.05) is 22.0 Å². The van der Waals surface area contributed by atoms with Crippen molar-refractivity contribution < 1.29 is 0 Å². The molecule has 2 aromatic rings. The lowest BCUT2D eigenvalue weighted by Gasteiger charge is -2.24. The van der Waals surface area contributed by atoms with Gasteiger partial charge < -0.3 is 9.88 Å². The first-order valence-corrected chi connectivity index (χ1v) is 8.44. The quantitative estimate of drug-likeness (QED) is 0.699. The van der Waals surface area contributed by atoms with Crippen LogP contribution >= 0.6 is 34.2 Å². The lowest BCUT2D eigenvalue weighted by molar-refractivity contribution is 0.356. The van der Waals surface area contributed by atoms with E-state index in [2.05, 4.69) is 43.7 Å². The molecule has 0 radical (unpaired) electrons. The first kappa shape index (κ1) is 14.2. The Hall–Kier alpha value is -0.750. The van der Waals surface area contributed by atoms with E-state index in [1.165, 1.54) is 32.1 Å². The third-order valence-electron chi connectivity index (χ3n) is 3.81. The molecular weight excluding hydrogens is 385 g/mol. The first-order valence-electron chi connectivity index (χ1n) is 6.99. The second kappa shape index (κ2) is 6.35. The third-order valence-corrected chi connectivity index (χ3v) is 4.80. The number of anilines is 2. The Kier molecular flexibility index (Phi) is 4.51. The maximum absolute atomic E-state index is 6.28. The van der Waals surface area contributed by atoms with Crippen LogP contribution in [0.15, 0.2) is 30.6 Å². The van der Waals surface area contributed by atoms with Gasteiger partial charge in [-0.1, -0.05) is 30.9 Å². The molecule has 0 unspecified atom stereocenters. The van der Waals surface area contributed by atoms with Gasteiger partial charge in [-0.25, -0.2) is 4.98 Å². The van der Waals surface area contributed by atoms with Gasteiger partial charge >= 0.3 is 0 Å². The minimum Gasteiger partial charge on any atom is -0.324 e. The number of nitrogens with one attached hydrogen (secondary N) is 1. The molecule has 0 aliphatic heterocycles. The van der Waals surface area contributed by atoms with Crippen LogP contribution in [-0.2, 0) is 0 Å². The normalized spacial score (nSPS) is 16.3. The zero-order valence-electron chi connectivity index (χ0n) is 11.1. The summed E-state index contributed by atoms with van der Waals surface area (Å²) >= 11 is 8.54. The highest BCUT2D eigenvalue weighted by Crippen LogP contribution is 2.32. The van der Waals surface area contributed by atoms with Crippen LogP contribution in [0.3, 0.4) is 0 Å². The summed E-state index contributed by atoms with van der Waals surface area (Å²) in [5.74, 6) is 0.889. The Morgan fingerprint density at radius 2 is 2.05 bits per heavy atom. The molecule has 1 aliphatic rings. The first-order chi connectivity index (χ1) is 9.74. The number of hydrogen-bond acceptors (Lipinski definition) is 2. The molecule has 0 amide bonds. The van der Waals surface area contributed by atoms with E-state index in [0.717, 1.165) is 20.2 Å². The van der Waals surface area contributed by atoms with Crippen LogP contribution in [0, 0.1) is 3.57 Å². The smallest absolute Gasteiger partial charge is 0.207 e. The second-order valence-corrected chi connectivity index (χ2v) is 6.85. The number of aromatic nitrogens is 2. The summed E-state index contributed by atoms with van der Waals surface area (Å²) in [6, 6.07) is 6.57. The van der Waals surface area contributed by atoms with Crippen molar-refractivity contribution in [1.82, 2.24) is 9.55 Å². The van der Waals surface area contributed by atoms with Gasteiger partial charge in [-0.05, 0) is 53.6 Å². The van der Waals surface area contributed by atoms with Crippen LogP contribution in [0.5, 0.6) is 0 Å². The fraction of sp³-hybridized carbons (Fsp3) is 0.400. The maximum Gasteiger partial charge on any atom is 0.207 e. The summed E-state index contributed by atoms with van der Waals surface area (Å²) in [6.07, 6.45) is 10.4. The van der Waals surface area contributed by atoms with E-state index < -0.39 is 0 Å². The van der Waals surface area contributed by atoms with Crippen molar-refractivity contribution in [1.29, 1.82) is 0 Å². The molecule has 1 aliphatic carbocycles. The summed E-state index contributed by atoms with van der Waals surface area (Å²) < 4.78 is 3.39. The second-order valence-electron chi connectivity index (χ2n) is 5.20. The van der Waals surface area contributed by atoms with Crippen molar-refractivity contribution >= 4 is 45.8 Å². The molecular formula is C15H17ClIN3. The zero-order valence-corrected chi connectivity index (χ0v) is 14.1. The van der Waals surface area contributed by atoms with Crippen molar-refractivity contribution in [2.75, 3.05) is 5.32 Å². The molecule has 0 saturated heterocycles. The molecule has 1 aromatic heterocycles. The number of imidazole rings is 1. The van der Waals surface area contributed by atoms with Gasteiger partial charge in [-0.2, -0.15) is 0 Å². The monoisotopic (exact) mass is 401 g/mol. The Bertz CT molecular complexity index is 591. The van der Waals surface area contributed by atoms with Gasteiger partial charge in [0.2, 0.25) is 5.95 Å². The van der Waals surface area contributed by atoms with Crippen molar-refractivity contribution in [3.63, 3.8) is 0 Å². The largest absolute Gasteiger partial charge is 0.324 e. The summed E-state index contributed by atoms with van der Waals surface area (Å²) in [4.78, 5) is 4.44. The molecule has 1 saturated carbocycles. The van der Waals surface area contributed by atoms with Crippen LogP contribution in [-0.4, -0.2) is 9.55 Å². The molecule has 0 atom stereocenters. The molecule has 106 valence electrons.